The summed E-state index contributed by atoms with van der Waals surface area (Å²) in [6, 6.07) is 1.84. The van der Waals surface area contributed by atoms with Crippen molar-refractivity contribution in [2.24, 2.45) is 10.2 Å². The van der Waals surface area contributed by atoms with E-state index in [-0.39, 0.29) is 5.82 Å². The van der Waals surface area contributed by atoms with Gasteiger partial charge in [-0.05, 0) is 18.6 Å². The summed E-state index contributed by atoms with van der Waals surface area (Å²) in [4.78, 5) is 3.95. The van der Waals surface area contributed by atoms with Gasteiger partial charge in [0.15, 0.2) is 11.5 Å². The van der Waals surface area contributed by atoms with E-state index >= 15 is 0 Å². The minimum atomic E-state index is 0.225. The van der Waals surface area contributed by atoms with Gasteiger partial charge in [0.05, 0.1) is 6.20 Å². The molecule has 0 unspecified atom stereocenters. The van der Waals surface area contributed by atoms with Crippen molar-refractivity contribution in [3.05, 3.63) is 24.0 Å². The van der Waals surface area contributed by atoms with Gasteiger partial charge in [0.1, 0.15) is 11.5 Å². The van der Waals surface area contributed by atoms with Gasteiger partial charge in [0.2, 0.25) is 0 Å². The lowest BCUT2D eigenvalue weighted by molar-refractivity contribution is 1.11. The Morgan fingerprint density at radius 3 is 2.75 bits per heavy atom. The highest BCUT2D eigenvalue weighted by atomic mass is 15.2. The lowest BCUT2D eigenvalue weighted by Crippen LogP contribution is -1.84. The molecule has 2 rings (SSSR count). The van der Waals surface area contributed by atoms with Crippen molar-refractivity contribution in [1.29, 1.82) is 0 Å². The number of aryl methyl sites for hydroxylation is 1. The summed E-state index contributed by atoms with van der Waals surface area (Å²) < 4.78 is 0. The summed E-state index contributed by atoms with van der Waals surface area (Å²) in [6.45, 7) is 1.91. The van der Waals surface area contributed by atoms with E-state index in [4.69, 9.17) is 11.5 Å². The number of pyridine rings is 1. The Bertz CT molecular complexity index is 509. The number of azo groups is 1. The van der Waals surface area contributed by atoms with Crippen LogP contribution in [0.2, 0.25) is 0 Å². The first-order chi connectivity index (χ1) is 7.68. The molecular weight excluding hydrogens is 206 g/mol. The number of hydrogen-bond donors (Lipinski definition) is 3. The molecule has 0 spiro atoms. The Labute approximate surface area is 91.6 Å². The molecule has 0 fully saturated rings. The van der Waals surface area contributed by atoms with Crippen LogP contribution in [0.4, 0.5) is 23.0 Å². The van der Waals surface area contributed by atoms with Gasteiger partial charge >= 0.3 is 0 Å². The zero-order valence-corrected chi connectivity index (χ0v) is 8.68. The maximum Gasteiger partial charge on any atom is 0.175 e. The van der Waals surface area contributed by atoms with E-state index in [1.807, 2.05) is 13.0 Å². The van der Waals surface area contributed by atoms with E-state index in [1.165, 1.54) is 0 Å². The first kappa shape index (κ1) is 10.1. The van der Waals surface area contributed by atoms with Crippen LogP contribution in [0.1, 0.15) is 5.56 Å². The number of H-pyrrole nitrogens is 1. The van der Waals surface area contributed by atoms with Crippen LogP contribution in [-0.4, -0.2) is 15.2 Å². The lowest BCUT2D eigenvalue weighted by Gasteiger charge is -1.96. The number of hydrogen-bond acceptors (Lipinski definition) is 6. The van der Waals surface area contributed by atoms with Gasteiger partial charge in [0.25, 0.3) is 0 Å². The van der Waals surface area contributed by atoms with Crippen molar-refractivity contribution < 1.29 is 0 Å². The van der Waals surface area contributed by atoms with Gasteiger partial charge in [-0.3, -0.25) is 10.1 Å². The summed E-state index contributed by atoms with van der Waals surface area (Å²) in [6.07, 6.45) is 3.31. The van der Waals surface area contributed by atoms with E-state index in [1.54, 1.807) is 12.4 Å². The molecule has 7 nitrogen and oxygen atoms in total. The van der Waals surface area contributed by atoms with Crippen LogP contribution in [0.25, 0.3) is 0 Å². The van der Waals surface area contributed by atoms with Gasteiger partial charge in [-0.1, -0.05) is 0 Å². The molecule has 0 saturated heterocycles. The molecular formula is C9H11N7. The maximum atomic E-state index is 5.58. The van der Waals surface area contributed by atoms with E-state index in [2.05, 4.69) is 25.4 Å². The standard InChI is InChI=1S/C9H11N7/c1-5-2-3-12-4-6(5)13-14-7-8(10)15-16-9(7)11/h2-4H,1H3,(H5,10,11,15,16). The number of nitrogen functional groups attached to an aromatic ring is 2. The molecule has 0 atom stereocenters. The molecule has 2 aromatic heterocycles. The molecule has 0 amide bonds. The molecule has 0 radical (unpaired) electrons. The summed E-state index contributed by atoms with van der Waals surface area (Å²) in [5, 5.41) is 14.2. The van der Waals surface area contributed by atoms with Crippen molar-refractivity contribution >= 4 is 23.0 Å². The molecule has 0 bridgehead atoms. The van der Waals surface area contributed by atoms with Gasteiger partial charge in [0, 0.05) is 6.20 Å². The summed E-state index contributed by atoms with van der Waals surface area (Å²) >= 11 is 0. The van der Waals surface area contributed by atoms with Crippen LogP contribution < -0.4 is 11.5 Å². The molecule has 2 aromatic rings. The number of anilines is 2. The van der Waals surface area contributed by atoms with E-state index in [0.717, 1.165) is 5.56 Å². The Kier molecular flexibility index (Phi) is 2.50. The monoisotopic (exact) mass is 217 g/mol. The predicted octanol–water partition coefficient (Wildman–Crippen LogP) is 1.69. The third-order valence-corrected chi connectivity index (χ3v) is 2.06. The van der Waals surface area contributed by atoms with E-state index < -0.39 is 0 Å². The fraction of sp³-hybridized carbons (Fsp3) is 0.111. The largest absolute Gasteiger partial charge is 0.382 e. The van der Waals surface area contributed by atoms with E-state index in [0.29, 0.717) is 17.2 Å². The zero-order valence-electron chi connectivity index (χ0n) is 8.68. The highest BCUT2D eigenvalue weighted by Crippen LogP contribution is 2.28. The highest BCUT2D eigenvalue weighted by molar-refractivity contribution is 5.70. The third-order valence-electron chi connectivity index (χ3n) is 2.06. The number of aromatic amines is 1. The first-order valence-corrected chi connectivity index (χ1v) is 4.60. The smallest absolute Gasteiger partial charge is 0.175 e. The minimum absolute atomic E-state index is 0.225. The summed E-state index contributed by atoms with van der Waals surface area (Å²) in [5.74, 6) is 0.519. The highest BCUT2D eigenvalue weighted by Gasteiger charge is 2.06. The van der Waals surface area contributed by atoms with Crippen molar-refractivity contribution in [1.82, 2.24) is 15.2 Å². The molecule has 5 N–H and O–H groups in total. The van der Waals surface area contributed by atoms with Crippen molar-refractivity contribution in [3.8, 4) is 0 Å². The molecule has 0 saturated carbocycles. The van der Waals surface area contributed by atoms with Crippen molar-refractivity contribution in [3.63, 3.8) is 0 Å². The molecule has 7 heteroatoms. The third kappa shape index (κ3) is 1.83. The normalized spacial score (nSPS) is 11.1. The number of nitrogens with zero attached hydrogens (tertiary/aromatic N) is 4. The topological polar surface area (TPSA) is 118 Å². The van der Waals surface area contributed by atoms with Gasteiger partial charge < -0.3 is 11.5 Å². The molecule has 0 aliphatic heterocycles. The maximum absolute atomic E-state index is 5.58. The van der Waals surface area contributed by atoms with Crippen LogP contribution in [-0.2, 0) is 0 Å². The fourth-order valence-electron chi connectivity index (χ4n) is 1.13. The van der Waals surface area contributed by atoms with Crippen LogP contribution >= 0.6 is 0 Å². The summed E-state index contributed by atoms with van der Waals surface area (Å²) in [7, 11) is 0. The second-order valence-corrected chi connectivity index (χ2v) is 3.23. The molecule has 16 heavy (non-hydrogen) atoms. The van der Waals surface area contributed by atoms with Gasteiger partial charge in [-0.2, -0.15) is 5.10 Å². The Balaban J connectivity index is 2.32. The van der Waals surface area contributed by atoms with Crippen LogP contribution in [0.5, 0.6) is 0 Å². The van der Waals surface area contributed by atoms with Gasteiger partial charge in [-0.25, -0.2) is 0 Å². The minimum Gasteiger partial charge on any atom is -0.382 e. The van der Waals surface area contributed by atoms with Crippen molar-refractivity contribution in [2.45, 2.75) is 6.92 Å². The number of nitrogens with one attached hydrogen (secondary N) is 1. The van der Waals surface area contributed by atoms with Crippen LogP contribution in [0.3, 0.4) is 0 Å². The summed E-state index contributed by atoms with van der Waals surface area (Å²) in [5.41, 5.74) is 13.1. The average molecular weight is 217 g/mol. The lowest BCUT2D eigenvalue weighted by atomic mass is 10.3. The van der Waals surface area contributed by atoms with Crippen LogP contribution in [0, 0.1) is 6.92 Å². The van der Waals surface area contributed by atoms with E-state index in [9.17, 15) is 0 Å². The first-order valence-electron chi connectivity index (χ1n) is 4.60. The molecule has 0 aromatic carbocycles. The predicted molar refractivity (Wildman–Crippen MR) is 60.6 cm³/mol. The van der Waals surface area contributed by atoms with Crippen LogP contribution in [0.15, 0.2) is 28.7 Å². The molecule has 0 aliphatic carbocycles. The van der Waals surface area contributed by atoms with Gasteiger partial charge in [-0.15, -0.1) is 10.2 Å². The number of aromatic nitrogens is 3. The number of rotatable bonds is 2. The molecule has 82 valence electrons. The second kappa shape index (κ2) is 3.97. The number of nitrogens with two attached hydrogens (primary N) is 2. The second-order valence-electron chi connectivity index (χ2n) is 3.23. The fourth-order valence-corrected chi connectivity index (χ4v) is 1.13. The Morgan fingerprint density at radius 2 is 2.12 bits per heavy atom. The Morgan fingerprint density at radius 1 is 1.31 bits per heavy atom. The SMILES string of the molecule is Cc1ccncc1N=Nc1c(N)n[nH]c1N. The quantitative estimate of drug-likeness (QED) is 0.663. The molecule has 2 heterocycles. The average Bonchev–Trinajstić information content (AvgIpc) is 2.58. The zero-order chi connectivity index (χ0) is 11.5. The molecule has 0 aliphatic rings. The Hall–Kier alpha value is -2.44. The van der Waals surface area contributed by atoms with Crippen molar-refractivity contribution in [2.75, 3.05) is 11.5 Å².